The Morgan fingerprint density at radius 3 is 2.67 bits per heavy atom. The molecule has 5 rings (SSSR count). The van der Waals surface area contributed by atoms with Gasteiger partial charge >= 0.3 is 0 Å². The van der Waals surface area contributed by atoms with Crippen LogP contribution < -0.4 is 0 Å². The Balaban J connectivity index is 1.93. The summed E-state index contributed by atoms with van der Waals surface area (Å²) in [6.07, 6.45) is 18.6. The molecule has 1 heteroatoms. The molecule has 0 radical (unpaired) electrons. The monoisotopic (exact) mass is 275 g/mol. The average Bonchev–Trinajstić information content (AvgIpc) is 2.78. The predicted octanol–water partition coefficient (Wildman–Crippen LogP) is 4.87. The van der Waals surface area contributed by atoms with Crippen LogP contribution in [0.3, 0.4) is 0 Å². The molecule has 0 unspecified atom stereocenters. The molecule has 0 aromatic carbocycles. The first-order valence-corrected chi connectivity index (χ1v) is 8.17. The highest BCUT2D eigenvalue weighted by Crippen LogP contribution is 2.51. The van der Waals surface area contributed by atoms with E-state index in [1.807, 2.05) is 0 Å². The van der Waals surface area contributed by atoms with Crippen molar-refractivity contribution in [3.05, 3.63) is 58.7 Å². The summed E-state index contributed by atoms with van der Waals surface area (Å²) < 4.78 is 0. The van der Waals surface area contributed by atoms with Crippen LogP contribution in [-0.2, 0) is 0 Å². The summed E-state index contributed by atoms with van der Waals surface area (Å²) in [5.41, 5.74) is 5.44. The van der Waals surface area contributed by atoms with Gasteiger partial charge in [0.15, 0.2) is 0 Å². The van der Waals surface area contributed by atoms with Crippen molar-refractivity contribution in [1.82, 2.24) is 0 Å². The van der Waals surface area contributed by atoms with E-state index >= 15 is 0 Å². The SMILES string of the molecule is C/C1=C2\C=C[C@H]3[C@H]4C=C/C(=C(\C#N)CCCC1)[C@H](C=C4)[C@@H]23. The second-order valence-corrected chi connectivity index (χ2v) is 6.80. The summed E-state index contributed by atoms with van der Waals surface area (Å²) in [5, 5.41) is 9.61. The van der Waals surface area contributed by atoms with Crippen molar-refractivity contribution < 1.29 is 0 Å². The number of hydrogen-bond acceptors (Lipinski definition) is 1. The maximum Gasteiger partial charge on any atom is 0.0950 e. The van der Waals surface area contributed by atoms with Crippen LogP contribution in [0, 0.1) is 35.0 Å². The Labute approximate surface area is 127 Å². The Bertz CT molecular complexity index is 662. The number of allylic oxidation sites excluding steroid dienone is 10. The lowest BCUT2D eigenvalue weighted by Crippen LogP contribution is -2.27. The van der Waals surface area contributed by atoms with Crippen LogP contribution in [0.5, 0.6) is 0 Å². The second kappa shape index (κ2) is 4.88. The van der Waals surface area contributed by atoms with Crippen LogP contribution in [0.25, 0.3) is 0 Å². The molecule has 5 aliphatic rings. The maximum absolute atomic E-state index is 9.61. The van der Waals surface area contributed by atoms with Crippen molar-refractivity contribution in [3.63, 3.8) is 0 Å². The van der Waals surface area contributed by atoms with Gasteiger partial charge in [-0.05, 0) is 49.7 Å². The molecule has 106 valence electrons. The van der Waals surface area contributed by atoms with E-state index in [2.05, 4.69) is 49.4 Å². The van der Waals surface area contributed by atoms with Gasteiger partial charge in [0, 0.05) is 23.3 Å². The molecule has 0 saturated carbocycles. The van der Waals surface area contributed by atoms with Crippen molar-refractivity contribution in [2.24, 2.45) is 23.7 Å². The summed E-state index contributed by atoms with van der Waals surface area (Å²) in [6.45, 7) is 2.31. The van der Waals surface area contributed by atoms with Gasteiger partial charge in [-0.15, -0.1) is 0 Å². The lowest BCUT2D eigenvalue weighted by Gasteiger charge is -2.34. The van der Waals surface area contributed by atoms with E-state index in [0.717, 1.165) is 18.4 Å². The predicted molar refractivity (Wildman–Crippen MR) is 85.2 cm³/mol. The highest BCUT2D eigenvalue weighted by atomic mass is 14.5. The Morgan fingerprint density at radius 2 is 1.81 bits per heavy atom. The van der Waals surface area contributed by atoms with Crippen LogP contribution in [0.2, 0.25) is 0 Å². The molecule has 0 saturated heterocycles. The summed E-state index contributed by atoms with van der Waals surface area (Å²) in [7, 11) is 0. The number of rotatable bonds is 0. The molecule has 5 aliphatic carbocycles. The van der Waals surface area contributed by atoms with E-state index < -0.39 is 0 Å². The van der Waals surface area contributed by atoms with Gasteiger partial charge in [-0.1, -0.05) is 42.0 Å². The summed E-state index contributed by atoms with van der Waals surface area (Å²) in [6, 6.07) is 2.51. The van der Waals surface area contributed by atoms with E-state index in [9.17, 15) is 5.26 Å². The molecule has 21 heavy (non-hydrogen) atoms. The quantitative estimate of drug-likeness (QED) is 0.578. The minimum Gasteiger partial charge on any atom is -0.193 e. The summed E-state index contributed by atoms with van der Waals surface area (Å²) in [5.74, 6) is 2.06. The molecule has 0 spiro atoms. The molecular formula is C20H21N. The zero-order valence-corrected chi connectivity index (χ0v) is 12.5. The molecule has 4 atom stereocenters. The van der Waals surface area contributed by atoms with E-state index in [-0.39, 0.29) is 0 Å². The number of hydrogen-bond donors (Lipinski definition) is 0. The van der Waals surface area contributed by atoms with Gasteiger partial charge in [0.25, 0.3) is 0 Å². The van der Waals surface area contributed by atoms with Crippen molar-refractivity contribution in [3.8, 4) is 6.07 Å². The van der Waals surface area contributed by atoms with Crippen molar-refractivity contribution in [1.29, 1.82) is 5.26 Å². The van der Waals surface area contributed by atoms with E-state index in [4.69, 9.17) is 0 Å². The minimum absolute atomic E-state index is 0.401. The zero-order valence-electron chi connectivity index (χ0n) is 12.5. The van der Waals surface area contributed by atoms with E-state index in [0.29, 0.717) is 23.7 Å². The first kappa shape index (κ1) is 12.9. The van der Waals surface area contributed by atoms with Crippen molar-refractivity contribution in [2.75, 3.05) is 0 Å². The van der Waals surface area contributed by atoms with Crippen molar-refractivity contribution >= 4 is 0 Å². The van der Waals surface area contributed by atoms with Gasteiger partial charge in [0.05, 0.1) is 6.07 Å². The third-order valence-electron chi connectivity index (χ3n) is 5.71. The smallest absolute Gasteiger partial charge is 0.0950 e. The Morgan fingerprint density at radius 1 is 1.00 bits per heavy atom. The first-order valence-electron chi connectivity index (χ1n) is 8.17. The molecule has 1 nitrogen and oxygen atoms in total. The van der Waals surface area contributed by atoms with E-state index in [1.165, 1.54) is 18.4 Å². The van der Waals surface area contributed by atoms with Crippen LogP contribution in [0.15, 0.2) is 58.7 Å². The van der Waals surface area contributed by atoms with Crippen LogP contribution in [-0.4, -0.2) is 0 Å². The summed E-state index contributed by atoms with van der Waals surface area (Å²) >= 11 is 0. The molecule has 0 aromatic rings. The summed E-state index contributed by atoms with van der Waals surface area (Å²) in [4.78, 5) is 0. The van der Waals surface area contributed by atoms with Gasteiger partial charge in [-0.2, -0.15) is 5.26 Å². The molecule has 0 fully saturated rings. The molecule has 0 aromatic heterocycles. The van der Waals surface area contributed by atoms with Gasteiger partial charge in [-0.3, -0.25) is 0 Å². The van der Waals surface area contributed by atoms with Crippen molar-refractivity contribution in [2.45, 2.75) is 32.6 Å². The maximum atomic E-state index is 9.61. The number of nitriles is 1. The Hall–Kier alpha value is -1.81. The topological polar surface area (TPSA) is 23.8 Å². The molecule has 0 aliphatic heterocycles. The van der Waals surface area contributed by atoms with Gasteiger partial charge in [0.2, 0.25) is 0 Å². The third-order valence-corrected chi connectivity index (χ3v) is 5.71. The van der Waals surface area contributed by atoms with Crippen LogP contribution in [0.4, 0.5) is 0 Å². The molecule has 0 heterocycles. The van der Waals surface area contributed by atoms with Gasteiger partial charge in [-0.25, -0.2) is 0 Å². The standard InChI is InChI=1S/C20H21N/c1-13-4-2-3-5-15(12-21)17-8-6-14-7-9-19(17)20-16(13)10-11-18(14)20/h6-11,14,18-20H,2-5H2,1H3/b16-13-,17-15+/t14-,18-,19-,20-/m0/s1. The van der Waals surface area contributed by atoms with Crippen LogP contribution in [0.1, 0.15) is 32.6 Å². The fourth-order valence-electron chi connectivity index (χ4n) is 4.59. The molecule has 0 amide bonds. The fraction of sp³-hybridized carbons (Fsp3) is 0.450. The Kier molecular flexibility index (Phi) is 3.00. The van der Waals surface area contributed by atoms with Gasteiger partial charge in [0.1, 0.15) is 0 Å². The fourth-order valence-corrected chi connectivity index (χ4v) is 4.59. The normalized spacial score (nSPS) is 43.8. The average molecular weight is 275 g/mol. The highest BCUT2D eigenvalue weighted by Gasteiger charge is 2.42. The highest BCUT2D eigenvalue weighted by molar-refractivity contribution is 5.49. The van der Waals surface area contributed by atoms with Gasteiger partial charge < -0.3 is 0 Å². The lowest BCUT2D eigenvalue weighted by molar-refractivity contribution is 0.354. The first-order chi connectivity index (χ1) is 10.3. The second-order valence-electron chi connectivity index (χ2n) is 6.80. The zero-order chi connectivity index (χ0) is 14.4. The van der Waals surface area contributed by atoms with E-state index in [1.54, 1.807) is 11.1 Å². The molecular weight excluding hydrogens is 254 g/mol. The molecule has 4 bridgehead atoms. The lowest BCUT2D eigenvalue weighted by atomic mass is 9.69. The third kappa shape index (κ3) is 1.89. The largest absolute Gasteiger partial charge is 0.193 e. The molecule has 0 N–H and O–H groups in total. The van der Waals surface area contributed by atoms with Crippen LogP contribution >= 0.6 is 0 Å². The minimum atomic E-state index is 0.401. The number of nitrogens with zero attached hydrogens (tertiary/aromatic N) is 1.